The molecule has 0 fully saturated rings. The van der Waals surface area contributed by atoms with Crippen molar-refractivity contribution in [3.63, 3.8) is 0 Å². The summed E-state index contributed by atoms with van der Waals surface area (Å²) in [5.41, 5.74) is 9.35. The van der Waals surface area contributed by atoms with E-state index in [0.717, 1.165) is 29.0 Å². The SMILES string of the molecule is CCNC(c1ccccc1OCC)c1c(C)ccnc1N. The predicted molar refractivity (Wildman–Crippen MR) is 86.5 cm³/mol. The standard InChI is InChI=1S/C17H23N3O/c1-4-19-16(15-12(3)10-11-20-17(15)18)13-8-6-7-9-14(13)21-5-2/h6-11,16,19H,4-5H2,1-3H3,(H2,18,20). The van der Waals surface area contributed by atoms with Crippen LogP contribution in [0.25, 0.3) is 0 Å². The van der Waals surface area contributed by atoms with Crippen LogP contribution >= 0.6 is 0 Å². The van der Waals surface area contributed by atoms with Crippen molar-refractivity contribution in [2.24, 2.45) is 0 Å². The van der Waals surface area contributed by atoms with Gasteiger partial charge in [0.05, 0.1) is 12.6 Å². The molecule has 2 rings (SSSR count). The third-order valence-corrected chi connectivity index (χ3v) is 3.47. The van der Waals surface area contributed by atoms with Crippen molar-refractivity contribution in [2.45, 2.75) is 26.8 Å². The highest BCUT2D eigenvalue weighted by Crippen LogP contribution is 2.33. The fourth-order valence-electron chi connectivity index (χ4n) is 2.54. The first kappa shape index (κ1) is 15.3. The summed E-state index contributed by atoms with van der Waals surface area (Å²) in [4.78, 5) is 4.24. The van der Waals surface area contributed by atoms with E-state index in [1.807, 2.05) is 31.2 Å². The maximum atomic E-state index is 6.12. The number of hydrogen-bond acceptors (Lipinski definition) is 4. The lowest BCUT2D eigenvalue weighted by Crippen LogP contribution is -2.25. The zero-order valence-electron chi connectivity index (χ0n) is 12.9. The van der Waals surface area contributed by atoms with Gasteiger partial charge < -0.3 is 15.8 Å². The van der Waals surface area contributed by atoms with Crippen LogP contribution in [0, 0.1) is 6.92 Å². The van der Waals surface area contributed by atoms with Gasteiger partial charge in [0.1, 0.15) is 11.6 Å². The first-order chi connectivity index (χ1) is 10.2. The van der Waals surface area contributed by atoms with Gasteiger partial charge in [0.15, 0.2) is 0 Å². The van der Waals surface area contributed by atoms with E-state index in [1.165, 1.54) is 0 Å². The summed E-state index contributed by atoms with van der Waals surface area (Å²) >= 11 is 0. The second-order valence-electron chi connectivity index (χ2n) is 4.89. The van der Waals surface area contributed by atoms with Crippen molar-refractivity contribution in [3.05, 3.63) is 53.2 Å². The molecule has 0 saturated heterocycles. The first-order valence-electron chi connectivity index (χ1n) is 7.35. The predicted octanol–water partition coefficient (Wildman–Crippen LogP) is 3.07. The number of hydrogen-bond donors (Lipinski definition) is 2. The van der Waals surface area contributed by atoms with Crippen molar-refractivity contribution >= 4 is 5.82 Å². The van der Waals surface area contributed by atoms with Crippen molar-refractivity contribution < 1.29 is 4.74 Å². The number of rotatable bonds is 6. The third-order valence-electron chi connectivity index (χ3n) is 3.47. The molecule has 0 saturated carbocycles. The number of nitrogens with one attached hydrogen (secondary N) is 1. The number of nitrogens with zero attached hydrogens (tertiary/aromatic N) is 1. The minimum Gasteiger partial charge on any atom is -0.494 e. The Balaban J connectivity index is 2.54. The van der Waals surface area contributed by atoms with Gasteiger partial charge in [-0.15, -0.1) is 0 Å². The second-order valence-corrected chi connectivity index (χ2v) is 4.89. The van der Waals surface area contributed by atoms with Gasteiger partial charge in [-0.05, 0) is 38.1 Å². The van der Waals surface area contributed by atoms with Gasteiger partial charge in [-0.2, -0.15) is 0 Å². The van der Waals surface area contributed by atoms with E-state index >= 15 is 0 Å². The zero-order valence-corrected chi connectivity index (χ0v) is 12.9. The van der Waals surface area contributed by atoms with Gasteiger partial charge in [-0.1, -0.05) is 25.1 Å². The van der Waals surface area contributed by atoms with E-state index in [0.29, 0.717) is 12.4 Å². The lowest BCUT2D eigenvalue weighted by atomic mass is 9.95. The highest BCUT2D eigenvalue weighted by molar-refractivity contribution is 5.52. The largest absolute Gasteiger partial charge is 0.494 e. The highest BCUT2D eigenvalue weighted by Gasteiger charge is 2.21. The zero-order chi connectivity index (χ0) is 15.2. The molecule has 1 aromatic carbocycles. The second kappa shape index (κ2) is 7.09. The topological polar surface area (TPSA) is 60.2 Å². The molecular weight excluding hydrogens is 262 g/mol. The molecule has 3 N–H and O–H groups in total. The van der Waals surface area contributed by atoms with Gasteiger partial charge in [-0.3, -0.25) is 0 Å². The van der Waals surface area contributed by atoms with Gasteiger partial charge in [-0.25, -0.2) is 4.98 Å². The molecule has 0 aliphatic rings. The number of pyridine rings is 1. The highest BCUT2D eigenvalue weighted by atomic mass is 16.5. The summed E-state index contributed by atoms with van der Waals surface area (Å²) in [5.74, 6) is 1.45. The number of nitrogens with two attached hydrogens (primary N) is 1. The van der Waals surface area contributed by atoms with E-state index in [-0.39, 0.29) is 6.04 Å². The molecule has 4 heteroatoms. The smallest absolute Gasteiger partial charge is 0.128 e. The molecule has 2 aromatic rings. The Morgan fingerprint density at radius 2 is 2.00 bits per heavy atom. The Morgan fingerprint density at radius 1 is 1.24 bits per heavy atom. The van der Waals surface area contributed by atoms with Crippen molar-refractivity contribution in [1.29, 1.82) is 0 Å². The summed E-state index contributed by atoms with van der Waals surface area (Å²) in [6.45, 7) is 7.60. The number of aromatic nitrogens is 1. The van der Waals surface area contributed by atoms with E-state index in [9.17, 15) is 0 Å². The lowest BCUT2D eigenvalue weighted by Gasteiger charge is -2.24. The quantitative estimate of drug-likeness (QED) is 0.856. The molecule has 1 aromatic heterocycles. The van der Waals surface area contributed by atoms with Crippen LogP contribution in [-0.2, 0) is 0 Å². The fourth-order valence-corrected chi connectivity index (χ4v) is 2.54. The van der Waals surface area contributed by atoms with E-state index in [1.54, 1.807) is 6.20 Å². The Morgan fingerprint density at radius 3 is 2.67 bits per heavy atom. The maximum Gasteiger partial charge on any atom is 0.128 e. The molecule has 0 aliphatic carbocycles. The third kappa shape index (κ3) is 3.34. The minimum atomic E-state index is -0.0218. The van der Waals surface area contributed by atoms with E-state index < -0.39 is 0 Å². The lowest BCUT2D eigenvalue weighted by molar-refractivity contribution is 0.333. The van der Waals surface area contributed by atoms with Gasteiger partial charge in [0, 0.05) is 17.3 Å². The molecule has 0 bridgehead atoms. The number of benzene rings is 1. The fraction of sp³-hybridized carbons (Fsp3) is 0.353. The molecule has 4 nitrogen and oxygen atoms in total. The maximum absolute atomic E-state index is 6.12. The van der Waals surface area contributed by atoms with Crippen LogP contribution in [-0.4, -0.2) is 18.1 Å². The van der Waals surface area contributed by atoms with Crippen LogP contribution in [0.15, 0.2) is 36.5 Å². The molecule has 0 radical (unpaired) electrons. The molecule has 21 heavy (non-hydrogen) atoms. The summed E-state index contributed by atoms with van der Waals surface area (Å²) in [6.07, 6.45) is 1.74. The van der Waals surface area contributed by atoms with Crippen LogP contribution < -0.4 is 15.8 Å². The van der Waals surface area contributed by atoms with Crippen LogP contribution in [0.2, 0.25) is 0 Å². The van der Waals surface area contributed by atoms with Crippen molar-refractivity contribution in [2.75, 3.05) is 18.9 Å². The number of para-hydroxylation sites is 1. The summed E-state index contributed by atoms with van der Waals surface area (Å²) in [5, 5.41) is 3.50. The Hall–Kier alpha value is -2.07. The van der Waals surface area contributed by atoms with E-state index in [2.05, 4.69) is 30.2 Å². The number of nitrogen functional groups attached to an aromatic ring is 1. The molecule has 0 spiro atoms. The van der Waals surface area contributed by atoms with Gasteiger partial charge in [0.25, 0.3) is 0 Å². The van der Waals surface area contributed by atoms with Gasteiger partial charge in [0.2, 0.25) is 0 Å². The molecule has 112 valence electrons. The molecule has 1 unspecified atom stereocenters. The summed E-state index contributed by atoms with van der Waals surface area (Å²) in [6, 6.07) is 10.0. The minimum absolute atomic E-state index is 0.0218. The molecule has 1 heterocycles. The number of aryl methyl sites for hydroxylation is 1. The number of ether oxygens (including phenoxy) is 1. The molecule has 0 aliphatic heterocycles. The van der Waals surface area contributed by atoms with Crippen molar-refractivity contribution in [3.8, 4) is 5.75 Å². The van der Waals surface area contributed by atoms with Gasteiger partial charge >= 0.3 is 0 Å². The average molecular weight is 285 g/mol. The van der Waals surface area contributed by atoms with Crippen LogP contribution in [0.5, 0.6) is 5.75 Å². The normalized spacial score (nSPS) is 12.1. The average Bonchev–Trinajstić information content (AvgIpc) is 2.47. The molecular formula is C17H23N3O. The molecule has 0 amide bonds. The summed E-state index contributed by atoms with van der Waals surface area (Å²) in [7, 11) is 0. The number of anilines is 1. The Kier molecular flexibility index (Phi) is 5.17. The Labute approximate surface area is 126 Å². The van der Waals surface area contributed by atoms with Crippen molar-refractivity contribution in [1.82, 2.24) is 10.3 Å². The first-order valence-corrected chi connectivity index (χ1v) is 7.35. The Bertz CT molecular complexity index is 578. The van der Waals surface area contributed by atoms with Crippen LogP contribution in [0.1, 0.15) is 36.6 Å². The van der Waals surface area contributed by atoms with E-state index in [4.69, 9.17) is 10.5 Å². The molecule has 1 atom stereocenters. The van der Waals surface area contributed by atoms with Crippen LogP contribution in [0.3, 0.4) is 0 Å². The summed E-state index contributed by atoms with van der Waals surface area (Å²) < 4.78 is 5.76. The monoisotopic (exact) mass is 285 g/mol. The van der Waals surface area contributed by atoms with Crippen LogP contribution in [0.4, 0.5) is 5.82 Å².